The van der Waals surface area contributed by atoms with Gasteiger partial charge < -0.3 is 20.9 Å². The van der Waals surface area contributed by atoms with E-state index < -0.39 is 0 Å². The van der Waals surface area contributed by atoms with Crippen LogP contribution in [-0.2, 0) is 12.0 Å². The number of hydrogen-bond acceptors (Lipinski definition) is 3. The SMILES string of the molecule is CN=C(NCc1cccc(C(=O)NCCN(C)C)c1)NCC1(c2ccccc2F)CC1. The lowest BCUT2D eigenvalue weighted by molar-refractivity contribution is 0.0951. The smallest absolute Gasteiger partial charge is 0.251 e. The fourth-order valence-corrected chi connectivity index (χ4v) is 3.56. The van der Waals surface area contributed by atoms with Crippen molar-refractivity contribution in [2.45, 2.75) is 24.8 Å². The van der Waals surface area contributed by atoms with Crippen LogP contribution in [0.15, 0.2) is 53.5 Å². The van der Waals surface area contributed by atoms with Gasteiger partial charge in [-0.15, -0.1) is 0 Å². The molecule has 0 unspecified atom stereocenters. The van der Waals surface area contributed by atoms with Crippen LogP contribution in [0.3, 0.4) is 0 Å². The lowest BCUT2D eigenvalue weighted by Gasteiger charge is -2.19. The third-order valence-corrected chi connectivity index (χ3v) is 5.61. The van der Waals surface area contributed by atoms with Gasteiger partial charge in [-0.25, -0.2) is 4.39 Å². The number of nitrogens with one attached hydrogen (secondary N) is 3. The van der Waals surface area contributed by atoms with Crippen molar-refractivity contribution in [3.05, 3.63) is 71.0 Å². The molecule has 0 heterocycles. The minimum absolute atomic E-state index is 0.0771. The van der Waals surface area contributed by atoms with Crippen LogP contribution in [0.2, 0.25) is 0 Å². The van der Waals surface area contributed by atoms with Gasteiger partial charge in [0.2, 0.25) is 0 Å². The van der Waals surface area contributed by atoms with Crippen LogP contribution in [0.1, 0.15) is 34.3 Å². The van der Waals surface area contributed by atoms with E-state index in [0.717, 1.165) is 30.5 Å². The summed E-state index contributed by atoms with van der Waals surface area (Å²) in [5.74, 6) is 0.431. The molecule has 0 radical (unpaired) electrons. The van der Waals surface area contributed by atoms with Gasteiger partial charge in [0.15, 0.2) is 5.96 Å². The second kappa shape index (κ2) is 10.4. The first kappa shape index (κ1) is 22.7. The van der Waals surface area contributed by atoms with Crippen LogP contribution in [-0.4, -0.2) is 57.5 Å². The Kier molecular flexibility index (Phi) is 7.63. The summed E-state index contributed by atoms with van der Waals surface area (Å²) in [6.45, 7) is 2.56. The first-order valence-corrected chi connectivity index (χ1v) is 10.6. The van der Waals surface area contributed by atoms with Crippen molar-refractivity contribution in [2.75, 3.05) is 40.8 Å². The predicted molar refractivity (Wildman–Crippen MR) is 123 cm³/mol. The van der Waals surface area contributed by atoms with E-state index in [1.54, 1.807) is 13.1 Å². The number of benzene rings is 2. The van der Waals surface area contributed by atoms with Crippen molar-refractivity contribution in [3.63, 3.8) is 0 Å². The van der Waals surface area contributed by atoms with Gasteiger partial charge in [-0.05, 0) is 56.3 Å². The Morgan fingerprint density at radius 1 is 1.10 bits per heavy atom. The molecule has 166 valence electrons. The number of guanidine groups is 1. The van der Waals surface area contributed by atoms with Crippen LogP contribution in [0.25, 0.3) is 0 Å². The standard InChI is InChI=1S/C24H32FN5O/c1-26-23(29-17-24(11-12-24)20-9-4-5-10-21(20)25)28-16-18-7-6-8-19(15-18)22(31)27-13-14-30(2)3/h4-10,15H,11-14,16-17H2,1-3H3,(H,27,31)(H2,26,28,29). The molecule has 0 spiro atoms. The third-order valence-electron chi connectivity index (χ3n) is 5.61. The maximum atomic E-state index is 14.2. The number of carbonyl (C=O) groups is 1. The zero-order valence-electron chi connectivity index (χ0n) is 18.5. The molecule has 1 fully saturated rings. The summed E-state index contributed by atoms with van der Waals surface area (Å²) < 4.78 is 14.2. The molecule has 0 aliphatic heterocycles. The maximum Gasteiger partial charge on any atom is 0.251 e. The number of carbonyl (C=O) groups excluding carboxylic acids is 1. The van der Waals surface area contributed by atoms with Gasteiger partial charge in [0, 0.05) is 44.2 Å². The van der Waals surface area contributed by atoms with Crippen LogP contribution < -0.4 is 16.0 Å². The van der Waals surface area contributed by atoms with Crippen molar-refractivity contribution in [2.24, 2.45) is 4.99 Å². The Labute approximate surface area is 183 Å². The van der Waals surface area contributed by atoms with Crippen molar-refractivity contribution in [1.29, 1.82) is 0 Å². The molecule has 0 aromatic heterocycles. The Morgan fingerprint density at radius 2 is 1.87 bits per heavy atom. The van der Waals surface area contributed by atoms with E-state index in [9.17, 15) is 9.18 Å². The molecule has 0 saturated heterocycles. The zero-order valence-corrected chi connectivity index (χ0v) is 18.5. The lowest BCUT2D eigenvalue weighted by atomic mass is 9.95. The molecule has 2 aromatic carbocycles. The summed E-state index contributed by atoms with van der Waals surface area (Å²) in [5, 5.41) is 9.55. The highest BCUT2D eigenvalue weighted by Gasteiger charge is 2.45. The van der Waals surface area contributed by atoms with Gasteiger partial charge in [0.25, 0.3) is 5.91 Å². The number of halogens is 1. The van der Waals surface area contributed by atoms with E-state index in [-0.39, 0.29) is 17.1 Å². The fraction of sp³-hybridized carbons (Fsp3) is 0.417. The molecule has 7 heteroatoms. The van der Waals surface area contributed by atoms with Gasteiger partial charge >= 0.3 is 0 Å². The molecule has 2 aromatic rings. The molecule has 1 aliphatic rings. The Balaban J connectivity index is 1.52. The Hall–Kier alpha value is -2.93. The quantitative estimate of drug-likeness (QED) is 0.427. The topological polar surface area (TPSA) is 68.8 Å². The summed E-state index contributed by atoms with van der Waals surface area (Å²) >= 11 is 0. The first-order valence-electron chi connectivity index (χ1n) is 10.6. The van der Waals surface area contributed by atoms with Crippen LogP contribution in [0, 0.1) is 5.82 Å². The number of likely N-dealkylation sites (N-methyl/N-ethyl adjacent to an activating group) is 1. The van der Waals surface area contributed by atoms with Gasteiger partial charge in [0.1, 0.15) is 5.82 Å². The van der Waals surface area contributed by atoms with Crippen LogP contribution in [0.5, 0.6) is 0 Å². The highest BCUT2D eigenvalue weighted by molar-refractivity contribution is 5.94. The molecular formula is C24H32FN5O. The number of hydrogen-bond donors (Lipinski definition) is 3. The lowest BCUT2D eigenvalue weighted by Crippen LogP contribution is -2.41. The molecule has 3 N–H and O–H groups in total. The van der Waals surface area contributed by atoms with Gasteiger partial charge in [-0.3, -0.25) is 9.79 Å². The minimum atomic E-state index is -0.159. The molecule has 0 atom stereocenters. The summed E-state index contributed by atoms with van der Waals surface area (Å²) in [4.78, 5) is 18.6. The summed E-state index contributed by atoms with van der Waals surface area (Å²) in [7, 11) is 5.66. The van der Waals surface area contributed by atoms with Crippen LogP contribution in [0.4, 0.5) is 4.39 Å². The average molecular weight is 426 g/mol. The molecule has 1 saturated carbocycles. The fourth-order valence-electron chi connectivity index (χ4n) is 3.56. The zero-order chi connectivity index (χ0) is 22.3. The average Bonchev–Trinajstić information content (AvgIpc) is 3.55. The number of aliphatic imine (C=N–C) groups is 1. The van der Waals surface area contributed by atoms with E-state index >= 15 is 0 Å². The van der Waals surface area contributed by atoms with Crippen LogP contribution >= 0.6 is 0 Å². The first-order chi connectivity index (χ1) is 14.9. The van der Waals surface area contributed by atoms with Gasteiger partial charge in [0.05, 0.1) is 0 Å². The van der Waals surface area contributed by atoms with Crippen molar-refractivity contribution < 1.29 is 9.18 Å². The van der Waals surface area contributed by atoms with E-state index in [4.69, 9.17) is 0 Å². The normalized spacial score (nSPS) is 14.9. The van der Waals surface area contributed by atoms with E-state index in [1.165, 1.54) is 6.07 Å². The van der Waals surface area contributed by atoms with Crippen molar-refractivity contribution in [3.8, 4) is 0 Å². The van der Waals surface area contributed by atoms with E-state index in [1.807, 2.05) is 55.4 Å². The molecular weight excluding hydrogens is 393 g/mol. The predicted octanol–water partition coefficient (Wildman–Crippen LogP) is 2.51. The Bertz CT molecular complexity index is 924. The second-order valence-corrected chi connectivity index (χ2v) is 8.30. The Morgan fingerprint density at radius 3 is 2.55 bits per heavy atom. The number of nitrogens with zero attached hydrogens (tertiary/aromatic N) is 2. The molecule has 1 aliphatic carbocycles. The number of amides is 1. The molecule has 6 nitrogen and oxygen atoms in total. The molecule has 1 amide bonds. The summed E-state index contributed by atoms with van der Waals surface area (Å²) in [5.41, 5.74) is 2.23. The highest BCUT2D eigenvalue weighted by Crippen LogP contribution is 2.48. The number of rotatable bonds is 9. The molecule has 0 bridgehead atoms. The van der Waals surface area contributed by atoms with Crippen molar-refractivity contribution >= 4 is 11.9 Å². The monoisotopic (exact) mass is 425 g/mol. The molecule has 3 rings (SSSR count). The van der Waals surface area contributed by atoms with Gasteiger partial charge in [-0.2, -0.15) is 0 Å². The third kappa shape index (κ3) is 6.28. The summed E-state index contributed by atoms with van der Waals surface area (Å²) in [6, 6.07) is 14.5. The second-order valence-electron chi connectivity index (χ2n) is 8.30. The minimum Gasteiger partial charge on any atom is -0.356 e. The van der Waals surface area contributed by atoms with Gasteiger partial charge in [-0.1, -0.05) is 30.3 Å². The molecule has 31 heavy (non-hydrogen) atoms. The summed E-state index contributed by atoms with van der Waals surface area (Å²) in [6.07, 6.45) is 1.92. The van der Waals surface area contributed by atoms with E-state index in [0.29, 0.717) is 31.2 Å². The maximum absolute atomic E-state index is 14.2. The van der Waals surface area contributed by atoms with E-state index in [2.05, 4.69) is 20.9 Å². The highest BCUT2D eigenvalue weighted by atomic mass is 19.1. The largest absolute Gasteiger partial charge is 0.356 e. The van der Waals surface area contributed by atoms with Crippen molar-refractivity contribution in [1.82, 2.24) is 20.9 Å².